The average molecular weight is 287 g/mol. The van der Waals surface area contributed by atoms with Gasteiger partial charge in [0, 0.05) is 45.8 Å². The molecule has 0 radical (unpaired) electrons. The first kappa shape index (κ1) is 15.0. The molecule has 1 saturated heterocycles. The quantitative estimate of drug-likeness (QED) is 0.893. The van der Waals surface area contributed by atoms with Crippen molar-refractivity contribution in [2.75, 3.05) is 52.9 Å². The van der Waals surface area contributed by atoms with Crippen molar-refractivity contribution in [3.05, 3.63) is 35.4 Å². The third-order valence-electron chi connectivity index (χ3n) is 5.03. The van der Waals surface area contributed by atoms with Crippen molar-refractivity contribution in [1.82, 2.24) is 15.1 Å². The van der Waals surface area contributed by atoms with Crippen LogP contribution >= 0.6 is 0 Å². The van der Waals surface area contributed by atoms with Crippen LogP contribution in [0.5, 0.6) is 0 Å². The van der Waals surface area contributed by atoms with Crippen LogP contribution in [0.25, 0.3) is 0 Å². The molecule has 3 heteroatoms. The van der Waals surface area contributed by atoms with Crippen LogP contribution in [0.4, 0.5) is 0 Å². The molecule has 1 unspecified atom stereocenters. The predicted octanol–water partition coefficient (Wildman–Crippen LogP) is 1.94. The minimum atomic E-state index is 0.739. The van der Waals surface area contributed by atoms with E-state index in [0.29, 0.717) is 0 Å². The van der Waals surface area contributed by atoms with E-state index in [1.807, 2.05) is 0 Å². The molecule has 0 aromatic heterocycles. The maximum atomic E-state index is 3.42. The lowest BCUT2D eigenvalue weighted by molar-refractivity contribution is 0.198. The second kappa shape index (κ2) is 7.39. The standard InChI is InChI=1S/C18H29N3/c1-20(13-14-21-11-9-19-10-12-21)15-17-7-4-6-16-5-2-3-8-18(16)17/h2-3,5,8,17,19H,4,6-7,9-15H2,1H3. The molecular weight excluding hydrogens is 258 g/mol. The minimum Gasteiger partial charge on any atom is -0.314 e. The molecule has 0 bridgehead atoms. The molecule has 3 nitrogen and oxygen atoms in total. The Morgan fingerprint density at radius 3 is 2.90 bits per heavy atom. The molecule has 116 valence electrons. The lowest BCUT2D eigenvalue weighted by Crippen LogP contribution is -2.46. The summed E-state index contributed by atoms with van der Waals surface area (Å²) in [5.74, 6) is 0.739. The van der Waals surface area contributed by atoms with Gasteiger partial charge in [0.05, 0.1) is 0 Å². The van der Waals surface area contributed by atoms with Crippen LogP contribution in [0, 0.1) is 0 Å². The number of nitrogens with one attached hydrogen (secondary N) is 1. The number of likely N-dealkylation sites (N-methyl/N-ethyl adjacent to an activating group) is 1. The van der Waals surface area contributed by atoms with E-state index in [9.17, 15) is 0 Å². The third kappa shape index (κ3) is 4.06. The maximum absolute atomic E-state index is 3.42. The number of nitrogens with zero attached hydrogens (tertiary/aromatic N) is 2. The van der Waals surface area contributed by atoms with Gasteiger partial charge in [0.2, 0.25) is 0 Å². The molecule has 1 fully saturated rings. The highest BCUT2D eigenvalue weighted by Gasteiger charge is 2.21. The van der Waals surface area contributed by atoms with Gasteiger partial charge in [0.25, 0.3) is 0 Å². The number of fused-ring (bicyclic) bond motifs is 1. The Labute approximate surface area is 129 Å². The zero-order chi connectivity index (χ0) is 14.5. The molecule has 0 spiro atoms. The topological polar surface area (TPSA) is 18.5 Å². The second-order valence-electron chi connectivity index (χ2n) is 6.64. The van der Waals surface area contributed by atoms with Crippen LogP contribution in [-0.4, -0.2) is 62.7 Å². The van der Waals surface area contributed by atoms with Crippen molar-refractivity contribution in [3.63, 3.8) is 0 Å². The third-order valence-corrected chi connectivity index (χ3v) is 5.03. The lowest BCUT2D eigenvalue weighted by atomic mass is 9.82. The van der Waals surface area contributed by atoms with E-state index in [1.165, 1.54) is 52.0 Å². The van der Waals surface area contributed by atoms with Crippen molar-refractivity contribution in [3.8, 4) is 0 Å². The molecule has 1 aromatic carbocycles. The van der Waals surface area contributed by atoms with Gasteiger partial charge < -0.3 is 10.2 Å². The van der Waals surface area contributed by atoms with Crippen LogP contribution in [0.3, 0.4) is 0 Å². The van der Waals surface area contributed by atoms with Crippen LogP contribution in [-0.2, 0) is 6.42 Å². The van der Waals surface area contributed by atoms with Crippen LogP contribution < -0.4 is 5.32 Å². The number of aryl methyl sites for hydroxylation is 1. The predicted molar refractivity (Wildman–Crippen MR) is 88.9 cm³/mol. The summed E-state index contributed by atoms with van der Waals surface area (Å²) in [5, 5.41) is 3.42. The molecule has 3 rings (SSSR count). The first-order valence-electron chi connectivity index (χ1n) is 8.52. The number of hydrogen-bond donors (Lipinski definition) is 1. The van der Waals surface area contributed by atoms with Crippen LogP contribution in [0.1, 0.15) is 29.9 Å². The monoisotopic (exact) mass is 287 g/mol. The van der Waals surface area contributed by atoms with Gasteiger partial charge in [-0.2, -0.15) is 0 Å². The van der Waals surface area contributed by atoms with E-state index < -0.39 is 0 Å². The fourth-order valence-corrected chi connectivity index (χ4v) is 3.76. The van der Waals surface area contributed by atoms with Gasteiger partial charge >= 0.3 is 0 Å². The smallest absolute Gasteiger partial charge is 0.0110 e. The number of piperazine rings is 1. The van der Waals surface area contributed by atoms with Gasteiger partial charge in [-0.05, 0) is 43.4 Å². The second-order valence-corrected chi connectivity index (χ2v) is 6.64. The van der Waals surface area contributed by atoms with Crippen molar-refractivity contribution in [2.45, 2.75) is 25.2 Å². The van der Waals surface area contributed by atoms with Crippen molar-refractivity contribution in [1.29, 1.82) is 0 Å². The Morgan fingerprint density at radius 1 is 1.24 bits per heavy atom. The normalized spacial score (nSPS) is 23.2. The van der Waals surface area contributed by atoms with Crippen molar-refractivity contribution in [2.24, 2.45) is 0 Å². The number of hydrogen-bond acceptors (Lipinski definition) is 3. The van der Waals surface area contributed by atoms with Crippen molar-refractivity contribution >= 4 is 0 Å². The minimum absolute atomic E-state index is 0.739. The molecule has 1 aromatic rings. The van der Waals surface area contributed by atoms with Gasteiger partial charge in [-0.1, -0.05) is 24.3 Å². The zero-order valence-electron chi connectivity index (χ0n) is 13.4. The SMILES string of the molecule is CN(CCN1CCNCC1)CC1CCCc2ccccc21. The first-order valence-corrected chi connectivity index (χ1v) is 8.52. The summed E-state index contributed by atoms with van der Waals surface area (Å²) in [6.07, 6.45) is 3.99. The Morgan fingerprint density at radius 2 is 2.05 bits per heavy atom. The molecular formula is C18H29N3. The summed E-state index contributed by atoms with van der Waals surface area (Å²) in [6.45, 7) is 8.34. The van der Waals surface area contributed by atoms with E-state index in [2.05, 4.69) is 46.4 Å². The van der Waals surface area contributed by atoms with E-state index in [-0.39, 0.29) is 0 Å². The highest BCUT2D eigenvalue weighted by molar-refractivity contribution is 5.32. The highest BCUT2D eigenvalue weighted by Crippen LogP contribution is 2.31. The van der Waals surface area contributed by atoms with E-state index in [0.717, 1.165) is 19.0 Å². The Hall–Kier alpha value is -0.900. The molecule has 1 atom stereocenters. The number of benzene rings is 1. The summed E-state index contributed by atoms with van der Waals surface area (Å²) in [5.41, 5.74) is 3.20. The molecule has 21 heavy (non-hydrogen) atoms. The fourth-order valence-electron chi connectivity index (χ4n) is 3.76. The van der Waals surface area contributed by atoms with Crippen molar-refractivity contribution < 1.29 is 0 Å². The van der Waals surface area contributed by atoms with Gasteiger partial charge in [0.1, 0.15) is 0 Å². The summed E-state index contributed by atoms with van der Waals surface area (Å²) in [6, 6.07) is 9.07. The lowest BCUT2D eigenvalue weighted by Gasteiger charge is -2.32. The maximum Gasteiger partial charge on any atom is 0.0110 e. The molecule has 1 aliphatic carbocycles. The fraction of sp³-hybridized carbons (Fsp3) is 0.667. The summed E-state index contributed by atoms with van der Waals surface area (Å²) < 4.78 is 0. The summed E-state index contributed by atoms with van der Waals surface area (Å²) in [7, 11) is 2.29. The van der Waals surface area contributed by atoms with E-state index in [4.69, 9.17) is 0 Å². The Kier molecular flexibility index (Phi) is 5.28. The Balaban J connectivity index is 1.49. The highest BCUT2D eigenvalue weighted by atomic mass is 15.2. The Bertz CT molecular complexity index is 440. The average Bonchev–Trinajstić information content (AvgIpc) is 2.54. The molecule has 1 aliphatic heterocycles. The molecule has 1 heterocycles. The molecule has 1 N–H and O–H groups in total. The van der Waals surface area contributed by atoms with E-state index in [1.54, 1.807) is 11.1 Å². The van der Waals surface area contributed by atoms with Gasteiger partial charge in [-0.15, -0.1) is 0 Å². The van der Waals surface area contributed by atoms with Crippen LogP contribution in [0.15, 0.2) is 24.3 Å². The van der Waals surface area contributed by atoms with Crippen LogP contribution in [0.2, 0.25) is 0 Å². The largest absolute Gasteiger partial charge is 0.314 e. The molecule has 2 aliphatic rings. The van der Waals surface area contributed by atoms with E-state index >= 15 is 0 Å². The zero-order valence-corrected chi connectivity index (χ0v) is 13.4. The van der Waals surface area contributed by atoms with Gasteiger partial charge in [-0.3, -0.25) is 4.90 Å². The summed E-state index contributed by atoms with van der Waals surface area (Å²) >= 11 is 0. The molecule has 0 saturated carbocycles. The first-order chi connectivity index (χ1) is 10.3. The molecule has 0 amide bonds. The van der Waals surface area contributed by atoms with Gasteiger partial charge in [0.15, 0.2) is 0 Å². The number of rotatable bonds is 5. The summed E-state index contributed by atoms with van der Waals surface area (Å²) in [4.78, 5) is 5.12. The van der Waals surface area contributed by atoms with Gasteiger partial charge in [-0.25, -0.2) is 0 Å².